The third kappa shape index (κ3) is 4.55. The Kier molecular flexibility index (Phi) is 7.61. The number of hydrogen-bond donors (Lipinski definition) is 0. The topological polar surface area (TPSA) is 27.7 Å². The molecule has 24 heavy (non-hydrogen) atoms. The Balaban J connectivity index is 5.30. The predicted molar refractivity (Wildman–Crippen MR) is 66.1 cm³/mol. The summed E-state index contributed by atoms with van der Waals surface area (Å²) >= 11 is 0. The number of halogens is 9. The van der Waals surface area contributed by atoms with Gasteiger partial charge in [-0.25, -0.2) is 0 Å². The largest absolute Gasteiger partial charge is 0.581 e. The van der Waals surface area contributed by atoms with Gasteiger partial charge in [0.2, 0.25) is 0 Å². The van der Waals surface area contributed by atoms with Crippen molar-refractivity contribution in [3.8, 4) is 0 Å². The van der Waals surface area contributed by atoms with Gasteiger partial charge < -0.3 is 13.3 Å². The molecule has 0 aromatic carbocycles. The molecule has 0 aromatic heterocycles. The molecule has 13 heteroatoms. The Morgan fingerprint density at radius 3 is 1.38 bits per heavy atom. The highest BCUT2D eigenvalue weighted by molar-refractivity contribution is 6.63. The van der Waals surface area contributed by atoms with Gasteiger partial charge >= 0.3 is 32.4 Å². The molecule has 0 spiro atoms. The summed E-state index contributed by atoms with van der Waals surface area (Å²) in [5.41, 5.74) is -5.51. The van der Waals surface area contributed by atoms with Crippen LogP contribution < -0.4 is 0 Å². The second-order valence-corrected chi connectivity index (χ2v) is 7.81. The molecule has 0 saturated carbocycles. The van der Waals surface area contributed by atoms with E-state index < -0.39 is 58.1 Å². The molecule has 0 aliphatic heterocycles. The molecule has 0 aromatic rings. The van der Waals surface area contributed by atoms with Crippen molar-refractivity contribution in [2.24, 2.45) is 0 Å². The van der Waals surface area contributed by atoms with Crippen molar-refractivity contribution in [1.29, 1.82) is 0 Å². The molecule has 0 aliphatic carbocycles. The van der Waals surface area contributed by atoms with Crippen LogP contribution in [0.4, 0.5) is 39.5 Å². The minimum Gasteiger partial charge on any atom is -0.373 e. The van der Waals surface area contributed by atoms with E-state index in [0.29, 0.717) is 21.3 Å². The first-order valence-corrected chi connectivity index (χ1v) is 8.22. The molecule has 0 bridgehead atoms. The molecule has 0 saturated heterocycles. The van der Waals surface area contributed by atoms with Crippen LogP contribution in [0.5, 0.6) is 0 Å². The Morgan fingerprint density at radius 2 is 1.04 bits per heavy atom. The molecule has 0 fully saturated rings. The molecule has 0 amide bonds. The van der Waals surface area contributed by atoms with Crippen LogP contribution in [-0.4, -0.2) is 53.7 Å². The van der Waals surface area contributed by atoms with E-state index in [0.717, 1.165) is 0 Å². The van der Waals surface area contributed by atoms with Gasteiger partial charge in [0.25, 0.3) is 0 Å². The maximum atomic E-state index is 14.0. The Hall–Kier alpha value is -0.533. The molecule has 0 rings (SSSR count). The minimum atomic E-state index is -5.95. The highest BCUT2D eigenvalue weighted by Gasteiger charge is 2.83. The lowest BCUT2D eigenvalue weighted by molar-refractivity contribution is -0.299. The van der Waals surface area contributed by atoms with E-state index in [4.69, 9.17) is 0 Å². The van der Waals surface area contributed by atoms with E-state index in [1.807, 2.05) is 0 Å². The third-order valence-electron chi connectivity index (χ3n) is 3.25. The van der Waals surface area contributed by atoms with Crippen molar-refractivity contribution >= 4 is 8.80 Å². The zero-order valence-electron chi connectivity index (χ0n) is 13.0. The van der Waals surface area contributed by atoms with Crippen LogP contribution in [0.25, 0.3) is 0 Å². The summed E-state index contributed by atoms with van der Waals surface area (Å²) in [5, 5.41) is 0. The number of unbranched alkanes of at least 4 members (excludes halogenated alkanes) is 1. The molecule has 0 heterocycles. The van der Waals surface area contributed by atoms with Crippen LogP contribution >= 0.6 is 0 Å². The molecule has 3 nitrogen and oxygen atoms in total. The fourth-order valence-corrected chi connectivity index (χ4v) is 3.72. The highest BCUT2D eigenvalue weighted by atomic mass is 28.4. The summed E-state index contributed by atoms with van der Waals surface area (Å²) < 4.78 is 131. The van der Waals surface area contributed by atoms with E-state index in [1.54, 1.807) is 0 Å². The van der Waals surface area contributed by atoms with E-state index in [2.05, 4.69) is 13.3 Å². The second-order valence-electron chi connectivity index (χ2n) is 4.84. The normalized spacial score (nSPS) is 15.0. The summed E-state index contributed by atoms with van der Waals surface area (Å²) in [5.74, 6) is -11.2. The molecule has 0 atom stereocenters. The van der Waals surface area contributed by atoms with Crippen molar-refractivity contribution < 1.29 is 52.8 Å². The van der Waals surface area contributed by atoms with Crippen LogP contribution in [0.15, 0.2) is 0 Å². The van der Waals surface area contributed by atoms with Crippen LogP contribution in [0.3, 0.4) is 0 Å². The Labute approximate surface area is 133 Å². The van der Waals surface area contributed by atoms with Crippen molar-refractivity contribution in [1.82, 2.24) is 0 Å². The van der Waals surface area contributed by atoms with Gasteiger partial charge in [-0.05, 0) is 12.8 Å². The number of rotatable bonds is 10. The van der Waals surface area contributed by atoms with Crippen molar-refractivity contribution in [3.05, 3.63) is 0 Å². The number of alkyl halides is 9. The van der Waals surface area contributed by atoms with E-state index in [-0.39, 0.29) is 0 Å². The van der Waals surface area contributed by atoms with Crippen molar-refractivity contribution in [2.75, 3.05) is 21.3 Å². The summed E-state index contributed by atoms with van der Waals surface area (Å²) in [7, 11) is -3.91. The fraction of sp³-hybridized carbons (Fsp3) is 1.00. The standard InChI is InChI=1S/C11H17F9O3Si/c1-21-24(22-2,23-3)11(19,20)10(17,18)8(12,13)6-4-5-7-9(14,15)16/h4-7H2,1-3H3. The van der Waals surface area contributed by atoms with Gasteiger partial charge in [-0.3, -0.25) is 0 Å². The molecule has 0 aliphatic rings. The minimum absolute atomic E-state index is 0.532. The van der Waals surface area contributed by atoms with Crippen LogP contribution in [-0.2, 0) is 13.3 Å². The molecule has 0 N–H and O–H groups in total. The maximum absolute atomic E-state index is 14.0. The SMILES string of the molecule is CO[Si](OC)(OC)C(F)(F)C(F)(F)C(F)(F)CCCCC(F)(F)F. The first kappa shape index (κ1) is 23.5. The summed E-state index contributed by atoms with van der Waals surface area (Å²) in [6.45, 7) is 0. The van der Waals surface area contributed by atoms with Gasteiger partial charge in [-0.15, -0.1) is 0 Å². The maximum Gasteiger partial charge on any atom is 0.581 e. The highest BCUT2D eigenvalue weighted by Crippen LogP contribution is 2.52. The van der Waals surface area contributed by atoms with E-state index >= 15 is 0 Å². The lowest BCUT2D eigenvalue weighted by Crippen LogP contribution is -2.71. The number of hydrogen-bond acceptors (Lipinski definition) is 3. The van der Waals surface area contributed by atoms with Gasteiger partial charge in [0, 0.05) is 34.2 Å². The van der Waals surface area contributed by atoms with Crippen LogP contribution in [0.1, 0.15) is 25.7 Å². The van der Waals surface area contributed by atoms with Crippen molar-refractivity contribution in [2.45, 2.75) is 49.3 Å². The van der Waals surface area contributed by atoms with E-state index in [1.165, 1.54) is 0 Å². The fourth-order valence-electron chi connectivity index (χ4n) is 1.89. The van der Waals surface area contributed by atoms with Crippen molar-refractivity contribution in [3.63, 3.8) is 0 Å². The molecule has 146 valence electrons. The zero-order valence-corrected chi connectivity index (χ0v) is 14.0. The molecular weight excluding hydrogens is 379 g/mol. The second kappa shape index (κ2) is 7.79. The monoisotopic (exact) mass is 396 g/mol. The van der Waals surface area contributed by atoms with Gasteiger partial charge in [0.15, 0.2) is 0 Å². The van der Waals surface area contributed by atoms with Gasteiger partial charge in [0.1, 0.15) is 0 Å². The lowest BCUT2D eigenvalue weighted by Gasteiger charge is -2.39. The third-order valence-corrected chi connectivity index (χ3v) is 5.94. The van der Waals surface area contributed by atoms with Crippen LogP contribution in [0, 0.1) is 0 Å². The summed E-state index contributed by atoms with van der Waals surface area (Å²) in [6, 6.07) is 0. The van der Waals surface area contributed by atoms with Gasteiger partial charge in [-0.2, -0.15) is 39.5 Å². The summed E-state index contributed by atoms with van der Waals surface area (Å²) in [6.07, 6.45) is -9.95. The zero-order chi connectivity index (χ0) is 19.4. The Morgan fingerprint density at radius 1 is 0.667 bits per heavy atom. The lowest BCUT2D eigenvalue weighted by atomic mass is 10.0. The molecular formula is C11H17F9O3Si. The van der Waals surface area contributed by atoms with E-state index in [9.17, 15) is 39.5 Å². The quantitative estimate of drug-likeness (QED) is 0.311. The first-order chi connectivity index (χ1) is 10.6. The smallest absolute Gasteiger partial charge is 0.373 e. The average molecular weight is 396 g/mol. The predicted octanol–water partition coefficient (Wildman–Crippen LogP) is 4.43. The van der Waals surface area contributed by atoms with Gasteiger partial charge in [-0.1, -0.05) is 0 Å². The Bertz CT molecular complexity index is 388. The first-order valence-electron chi connectivity index (χ1n) is 6.50. The average Bonchev–Trinajstić information content (AvgIpc) is 2.44. The van der Waals surface area contributed by atoms with Gasteiger partial charge in [0.05, 0.1) is 0 Å². The summed E-state index contributed by atoms with van der Waals surface area (Å²) in [4.78, 5) is 0. The van der Waals surface area contributed by atoms with Crippen LogP contribution in [0.2, 0.25) is 0 Å². The molecule has 0 unspecified atom stereocenters. The molecule has 0 radical (unpaired) electrons.